The topological polar surface area (TPSA) is 81.5 Å². The lowest BCUT2D eigenvalue weighted by Crippen LogP contribution is -2.24. The first-order valence-corrected chi connectivity index (χ1v) is 9.86. The normalized spacial score (nSPS) is 10.7. The number of aliphatic imine (C=N–C) groups is 1. The Bertz CT molecular complexity index is 1000. The summed E-state index contributed by atoms with van der Waals surface area (Å²) in [7, 11) is 0. The van der Waals surface area contributed by atoms with E-state index in [-0.39, 0.29) is 11.1 Å². The van der Waals surface area contributed by atoms with E-state index in [9.17, 15) is 18.0 Å². The molecule has 166 valence electrons. The molecule has 2 aromatic carbocycles. The zero-order valence-corrected chi connectivity index (χ0v) is 18.2. The van der Waals surface area contributed by atoms with Gasteiger partial charge < -0.3 is 11.5 Å². The number of carbonyl (C=O) groups excluding carboxylic acids is 1. The van der Waals surface area contributed by atoms with Crippen molar-refractivity contribution >= 4 is 23.0 Å². The Morgan fingerprint density at radius 2 is 1.58 bits per heavy atom. The second-order valence-electron chi connectivity index (χ2n) is 6.83. The molecule has 0 fully saturated rings. The van der Waals surface area contributed by atoms with E-state index < -0.39 is 34.9 Å². The lowest BCUT2D eigenvalue weighted by atomic mass is 9.89. The van der Waals surface area contributed by atoms with Gasteiger partial charge in [-0.05, 0) is 47.8 Å². The Morgan fingerprint density at radius 3 is 2.06 bits per heavy atom. The third kappa shape index (κ3) is 6.84. The average Bonchev–Trinajstić information content (AvgIpc) is 2.67. The molecule has 0 bridgehead atoms. The molecule has 0 unspecified atom stereocenters. The maximum absolute atomic E-state index is 14.3. The highest BCUT2D eigenvalue weighted by atomic mass is 19.1. The number of halogens is 3. The molecule has 0 aromatic heterocycles. The van der Waals surface area contributed by atoms with Crippen molar-refractivity contribution in [2.75, 3.05) is 0 Å². The molecule has 0 aliphatic heterocycles. The summed E-state index contributed by atoms with van der Waals surface area (Å²) in [6.07, 6.45) is 3.90. The van der Waals surface area contributed by atoms with Crippen LogP contribution in [-0.4, -0.2) is 11.9 Å². The number of allylic oxidation sites excluding steroid dienone is 2. The molecule has 4 nitrogen and oxygen atoms in total. The van der Waals surface area contributed by atoms with E-state index in [4.69, 9.17) is 11.5 Å². The molecule has 0 radical (unpaired) electrons. The van der Waals surface area contributed by atoms with Crippen LogP contribution >= 0.6 is 0 Å². The molecule has 0 saturated carbocycles. The van der Waals surface area contributed by atoms with E-state index in [1.54, 1.807) is 6.07 Å². The number of guanidine groups is 1. The van der Waals surface area contributed by atoms with E-state index in [0.29, 0.717) is 23.3 Å². The van der Waals surface area contributed by atoms with E-state index in [1.165, 1.54) is 18.6 Å². The van der Waals surface area contributed by atoms with Crippen molar-refractivity contribution in [3.05, 3.63) is 82.7 Å². The zero-order valence-electron chi connectivity index (χ0n) is 18.2. The van der Waals surface area contributed by atoms with Crippen LogP contribution in [0.4, 0.5) is 13.2 Å². The van der Waals surface area contributed by atoms with Crippen LogP contribution in [0.15, 0.2) is 48.0 Å². The summed E-state index contributed by atoms with van der Waals surface area (Å²) >= 11 is 0. The monoisotopic (exact) mass is 431 g/mol. The highest BCUT2D eigenvalue weighted by Crippen LogP contribution is 2.33. The van der Waals surface area contributed by atoms with Crippen LogP contribution < -0.4 is 11.5 Å². The van der Waals surface area contributed by atoms with Crippen molar-refractivity contribution in [1.29, 1.82) is 0 Å². The van der Waals surface area contributed by atoms with Crippen LogP contribution in [0.3, 0.4) is 0 Å². The Balaban J connectivity index is 0.00000151. The number of hydrogen-bond acceptors (Lipinski definition) is 1. The molecule has 0 saturated heterocycles. The summed E-state index contributed by atoms with van der Waals surface area (Å²) in [6.45, 7) is 11.8. The number of benzene rings is 2. The third-order valence-electron chi connectivity index (χ3n) is 4.07. The maximum Gasteiger partial charge on any atom is 0.280 e. The molecule has 0 aliphatic rings. The predicted octanol–water partition coefficient (Wildman–Crippen LogP) is 5.81. The van der Waals surface area contributed by atoms with Gasteiger partial charge in [-0.2, -0.15) is 4.99 Å². The standard InChI is InChI=1S/C21H20F3N3O.C3H8/c1-4-5-11(2)15-7-6-13(20(28)27-21(25)26)8-16(15)12(3)19-17(23)9-14(22)10-18(19)24;1-3-2/h5-10H,3-4H2,1-2H3,(H4,25,26,27,28);3H2,1-2H3/b11-5-;. The van der Waals surface area contributed by atoms with Crippen molar-refractivity contribution in [3.63, 3.8) is 0 Å². The zero-order chi connectivity index (χ0) is 23.7. The van der Waals surface area contributed by atoms with Crippen LogP contribution in [0, 0.1) is 17.5 Å². The Labute approximate surface area is 181 Å². The van der Waals surface area contributed by atoms with Crippen LogP contribution in [0.25, 0.3) is 11.1 Å². The lowest BCUT2D eigenvalue weighted by molar-refractivity contribution is 0.100. The summed E-state index contributed by atoms with van der Waals surface area (Å²) in [5.41, 5.74) is 11.8. The quantitative estimate of drug-likeness (QED) is 0.463. The van der Waals surface area contributed by atoms with Crippen molar-refractivity contribution in [2.45, 2.75) is 40.5 Å². The number of rotatable bonds is 5. The minimum absolute atomic E-state index is 0.0341. The number of hydrogen-bond donors (Lipinski definition) is 2. The van der Waals surface area contributed by atoms with Gasteiger partial charge in [0, 0.05) is 17.7 Å². The fraction of sp³-hybridized carbons (Fsp3) is 0.250. The Morgan fingerprint density at radius 1 is 1.03 bits per heavy atom. The van der Waals surface area contributed by atoms with Gasteiger partial charge in [-0.1, -0.05) is 45.9 Å². The third-order valence-corrected chi connectivity index (χ3v) is 4.07. The average molecular weight is 432 g/mol. The second kappa shape index (κ2) is 11.7. The van der Waals surface area contributed by atoms with Gasteiger partial charge in [0.2, 0.25) is 0 Å². The molecule has 1 amide bonds. The van der Waals surface area contributed by atoms with Crippen molar-refractivity contribution in [1.82, 2.24) is 0 Å². The fourth-order valence-corrected chi connectivity index (χ4v) is 2.83. The Hall–Kier alpha value is -3.35. The molecule has 0 heterocycles. The molecule has 2 aromatic rings. The first-order valence-electron chi connectivity index (χ1n) is 9.86. The van der Waals surface area contributed by atoms with E-state index >= 15 is 0 Å². The molecular formula is C24H28F3N3O. The van der Waals surface area contributed by atoms with Crippen molar-refractivity contribution < 1.29 is 18.0 Å². The molecule has 2 rings (SSSR count). The van der Waals surface area contributed by atoms with E-state index in [0.717, 1.165) is 12.0 Å². The minimum Gasteiger partial charge on any atom is -0.370 e. The number of carbonyl (C=O) groups is 1. The highest BCUT2D eigenvalue weighted by molar-refractivity contribution is 6.03. The van der Waals surface area contributed by atoms with Gasteiger partial charge in [-0.15, -0.1) is 0 Å². The van der Waals surface area contributed by atoms with Crippen LogP contribution in [-0.2, 0) is 0 Å². The van der Waals surface area contributed by atoms with Crippen LogP contribution in [0.5, 0.6) is 0 Å². The molecule has 31 heavy (non-hydrogen) atoms. The molecule has 7 heteroatoms. The van der Waals surface area contributed by atoms with Crippen LogP contribution in [0.1, 0.15) is 67.6 Å². The van der Waals surface area contributed by atoms with E-state index in [1.807, 2.05) is 19.9 Å². The van der Waals surface area contributed by atoms with Gasteiger partial charge >= 0.3 is 0 Å². The highest BCUT2D eigenvalue weighted by Gasteiger charge is 2.20. The first kappa shape index (κ1) is 25.7. The number of amides is 1. The predicted molar refractivity (Wildman–Crippen MR) is 121 cm³/mol. The lowest BCUT2D eigenvalue weighted by Gasteiger charge is -2.16. The van der Waals surface area contributed by atoms with E-state index in [2.05, 4.69) is 25.4 Å². The van der Waals surface area contributed by atoms with Gasteiger partial charge in [-0.3, -0.25) is 4.79 Å². The molecule has 0 spiro atoms. The summed E-state index contributed by atoms with van der Waals surface area (Å²) in [4.78, 5) is 15.6. The maximum atomic E-state index is 14.3. The van der Waals surface area contributed by atoms with Gasteiger partial charge in [0.1, 0.15) is 17.5 Å². The fourth-order valence-electron chi connectivity index (χ4n) is 2.83. The summed E-state index contributed by atoms with van der Waals surface area (Å²) < 4.78 is 41.8. The Kier molecular flexibility index (Phi) is 9.73. The first-order chi connectivity index (χ1) is 14.6. The SMILES string of the molecule is C=C(c1cc(C(=O)N=C(N)N)ccc1/C(C)=C\CC)c1c(F)cc(F)cc1F.CCC. The summed E-state index contributed by atoms with van der Waals surface area (Å²) in [6, 6.07) is 5.68. The second-order valence-corrected chi connectivity index (χ2v) is 6.83. The number of nitrogens with two attached hydrogens (primary N) is 2. The smallest absolute Gasteiger partial charge is 0.280 e. The van der Waals surface area contributed by atoms with Crippen molar-refractivity contribution in [3.8, 4) is 0 Å². The van der Waals surface area contributed by atoms with Gasteiger partial charge in [0.05, 0.1) is 5.56 Å². The van der Waals surface area contributed by atoms with Crippen molar-refractivity contribution in [2.24, 2.45) is 16.5 Å². The minimum atomic E-state index is -1.09. The number of nitrogens with zero attached hydrogens (tertiary/aromatic N) is 1. The summed E-state index contributed by atoms with van der Waals surface area (Å²) in [5.74, 6) is -4.34. The van der Waals surface area contributed by atoms with Gasteiger partial charge in [0.15, 0.2) is 5.96 Å². The summed E-state index contributed by atoms with van der Waals surface area (Å²) in [5, 5.41) is 0. The molecule has 0 aliphatic carbocycles. The molecule has 0 atom stereocenters. The van der Waals surface area contributed by atoms with Crippen LogP contribution in [0.2, 0.25) is 0 Å². The largest absolute Gasteiger partial charge is 0.370 e. The molecular weight excluding hydrogens is 403 g/mol. The molecule has 4 N–H and O–H groups in total. The van der Waals surface area contributed by atoms with Gasteiger partial charge in [0.25, 0.3) is 5.91 Å². The van der Waals surface area contributed by atoms with Gasteiger partial charge in [-0.25, -0.2) is 13.2 Å².